The molecule has 0 saturated carbocycles. The Morgan fingerprint density at radius 3 is 2.56 bits per heavy atom. The lowest BCUT2D eigenvalue weighted by Crippen LogP contribution is -2.31. The fraction of sp³-hybridized carbons (Fsp3) is 0.143. The van der Waals surface area contributed by atoms with Gasteiger partial charge in [-0.2, -0.15) is 5.26 Å². The molecule has 182 valence electrons. The van der Waals surface area contributed by atoms with E-state index in [1.165, 1.54) is 24.9 Å². The topological polar surface area (TPSA) is 74.2 Å². The number of dihydropyridines is 1. The van der Waals surface area contributed by atoms with Crippen molar-refractivity contribution in [3.63, 3.8) is 0 Å². The molecule has 5 nitrogen and oxygen atoms in total. The summed E-state index contributed by atoms with van der Waals surface area (Å²) in [6.07, 6.45) is 0. The number of thioether (sulfide) groups is 1. The smallest absolute Gasteiger partial charge is 0.254 e. The molecule has 1 aliphatic rings. The highest BCUT2D eigenvalue weighted by molar-refractivity contribution is 8.02. The van der Waals surface area contributed by atoms with Crippen LogP contribution in [0, 0.1) is 17.1 Å². The Hall–Kier alpha value is -3.73. The number of allylic oxidation sites excluding steroid dienone is 2. The number of nitrogens with zero attached hydrogens (tertiary/aromatic N) is 1. The summed E-state index contributed by atoms with van der Waals surface area (Å²) in [7, 11) is 1.51. The van der Waals surface area contributed by atoms with Crippen molar-refractivity contribution in [2.45, 2.75) is 18.6 Å². The third-order valence-corrected chi connectivity index (χ3v) is 7.23. The highest BCUT2D eigenvalue weighted by atomic mass is 35.5. The number of halogens is 2. The lowest BCUT2D eigenvalue weighted by molar-refractivity contribution is -0.113. The van der Waals surface area contributed by atoms with Gasteiger partial charge in [-0.3, -0.25) is 4.79 Å². The average molecular weight is 520 g/mol. The molecule has 0 bridgehead atoms. The minimum Gasteiger partial charge on any atom is -0.495 e. The minimum atomic E-state index is -0.902. The van der Waals surface area contributed by atoms with Gasteiger partial charge in [-0.1, -0.05) is 60.1 Å². The largest absolute Gasteiger partial charge is 0.495 e. The van der Waals surface area contributed by atoms with Gasteiger partial charge in [0.25, 0.3) is 5.91 Å². The van der Waals surface area contributed by atoms with Crippen molar-refractivity contribution in [3.05, 3.63) is 117 Å². The Bertz CT molecular complexity index is 1410. The molecule has 8 heteroatoms. The molecule has 0 spiro atoms. The van der Waals surface area contributed by atoms with Crippen molar-refractivity contribution in [1.82, 2.24) is 5.32 Å². The number of methoxy groups -OCH3 is 1. The average Bonchev–Trinajstić information content (AvgIpc) is 2.88. The highest BCUT2D eigenvalue weighted by Gasteiger charge is 2.36. The van der Waals surface area contributed by atoms with Crippen LogP contribution >= 0.6 is 23.4 Å². The first-order valence-electron chi connectivity index (χ1n) is 11.1. The summed E-state index contributed by atoms with van der Waals surface area (Å²) in [5.41, 5.74) is 2.66. The van der Waals surface area contributed by atoms with E-state index in [1.807, 2.05) is 18.2 Å². The number of amides is 1. The normalized spacial score (nSPS) is 15.2. The zero-order chi connectivity index (χ0) is 25.7. The van der Waals surface area contributed by atoms with E-state index >= 15 is 4.39 Å². The van der Waals surface area contributed by atoms with Crippen molar-refractivity contribution < 1.29 is 13.9 Å². The van der Waals surface area contributed by atoms with Crippen molar-refractivity contribution in [3.8, 4) is 11.8 Å². The molecule has 0 saturated heterocycles. The molecule has 1 heterocycles. The van der Waals surface area contributed by atoms with Crippen LogP contribution in [0.4, 0.5) is 10.1 Å². The molecule has 4 rings (SSSR count). The molecule has 1 atom stereocenters. The monoisotopic (exact) mass is 519 g/mol. The number of carbonyl (C=O) groups is 1. The van der Waals surface area contributed by atoms with Gasteiger partial charge in [-0.05, 0) is 36.8 Å². The van der Waals surface area contributed by atoms with Gasteiger partial charge in [0.15, 0.2) is 0 Å². The number of rotatable bonds is 7. The standard InChI is InChI=1S/C28H23ClFN3O2S/c1-17-25(27(34)33-23-13-7-8-14-24(23)35-2)26(19-10-4-6-12-22(19)30)20(15-31)28(32-17)36-16-18-9-3-5-11-21(18)29/h3-14,26,32H,16H2,1-2H3,(H,33,34). The highest BCUT2D eigenvalue weighted by Crippen LogP contribution is 2.43. The third kappa shape index (κ3) is 5.25. The van der Waals surface area contributed by atoms with Crippen LogP contribution in [0.2, 0.25) is 5.02 Å². The van der Waals surface area contributed by atoms with E-state index in [9.17, 15) is 10.1 Å². The Labute approximate surface area is 218 Å². The van der Waals surface area contributed by atoms with Gasteiger partial charge in [0, 0.05) is 27.6 Å². The van der Waals surface area contributed by atoms with E-state index in [0.29, 0.717) is 32.9 Å². The number of hydrogen-bond donors (Lipinski definition) is 2. The zero-order valence-corrected chi connectivity index (χ0v) is 21.2. The van der Waals surface area contributed by atoms with E-state index in [4.69, 9.17) is 16.3 Å². The predicted molar refractivity (Wildman–Crippen MR) is 142 cm³/mol. The van der Waals surface area contributed by atoms with Gasteiger partial charge in [-0.15, -0.1) is 11.8 Å². The molecular formula is C28H23ClFN3O2S. The quantitative estimate of drug-likeness (QED) is 0.361. The van der Waals surface area contributed by atoms with Crippen LogP contribution in [-0.4, -0.2) is 13.0 Å². The molecule has 36 heavy (non-hydrogen) atoms. The fourth-order valence-corrected chi connectivity index (χ4v) is 5.43. The van der Waals surface area contributed by atoms with Gasteiger partial charge in [0.2, 0.25) is 0 Å². The van der Waals surface area contributed by atoms with Crippen LogP contribution in [0.25, 0.3) is 0 Å². The van der Waals surface area contributed by atoms with E-state index in [0.717, 1.165) is 5.56 Å². The maximum atomic E-state index is 15.1. The number of hydrogen-bond acceptors (Lipinski definition) is 5. The molecule has 3 aromatic rings. The molecular weight excluding hydrogens is 497 g/mol. The van der Waals surface area contributed by atoms with Crippen LogP contribution in [0.5, 0.6) is 5.75 Å². The maximum absolute atomic E-state index is 15.1. The number of para-hydroxylation sites is 2. The first-order valence-corrected chi connectivity index (χ1v) is 12.5. The zero-order valence-electron chi connectivity index (χ0n) is 19.6. The van der Waals surface area contributed by atoms with Gasteiger partial charge in [0.1, 0.15) is 11.6 Å². The lowest BCUT2D eigenvalue weighted by Gasteiger charge is -2.30. The number of benzene rings is 3. The Morgan fingerprint density at radius 2 is 1.83 bits per heavy atom. The van der Waals surface area contributed by atoms with Crippen molar-refractivity contribution >= 4 is 35.0 Å². The SMILES string of the molecule is COc1ccccc1NC(=O)C1=C(C)NC(SCc2ccccc2Cl)=C(C#N)C1c1ccccc1F. The van der Waals surface area contributed by atoms with Crippen LogP contribution in [0.1, 0.15) is 24.0 Å². The van der Waals surface area contributed by atoms with E-state index in [2.05, 4.69) is 16.7 Å². The van der Waals surface area contributed by atoms with Crippen molar-refractivity contribution in [2.75, 3.05) is 12.4 Å². The fourth-order valence-electron chi connectivity index (χ4n) is 4.05. The molecule has 1 unspecified atom stereocenters. The van der Waals surface area contributed by atoms with Gasteiger partial charge in [0.05, 0.1) is 35.4 Å². The summed E-state index contributed by atoms with van der Waals surface area (Å²) >= 11 is 7.70. The first kappa shape index (κ1) is 25.4. The second-order valence-corrected chi connectivity index (χ2v) is 9.40. The summed E-state index contributed by atoms with van der Waals surface area (Å²) in [4.78, 5) is 13.6. The number of ether oxygens (including phenoxy) is 1. The third-order valence-electron chi connectivity index (χ3n) is 5.79. The molecule has 0 aliphatic carbocycles. The Balaban J connectivity index is 1.75. The number of nitrogens with one attached hydrogen (secondary N) is 2. The number of nitriles is 1. The summed E-state index contributed by atoms with van der Waals surface area (Å²) in [5.74, 6) is -0.875. The van der Waals surface area contributed by atoms with E-state index in [1.54, 1.807) is 55.5 Å². The van der Waals surface area contributed by atoms with Gasteiger partial charge < -0.3 is 15.4 Å². The van der Waals surface area contributed by atoms with Crippen molar-refractivity contribution in [1.29, 1.82) is 5.26 Å². The van der Waals surface area contributed by atoms with Crippen LogP contribution < -0.4 is 15.4 Å². The van der Waals surface area contributed by atoms with E-state index in [-0.39, 0.29) is 16.7 Å². The van der Waals surface area contributed by atoms with E-state index < -0.39 is 17.6 Å². The molecule has 2 N–H and O–H groups in total. The molecule has 1 aliphatic heterocycles. The molecule has 3 aromatic carbocycles. The maximum Gasteiger partial charge on any atom is 0.254 e. The molecule has 0 radical (unpaired) electrons. The van der Waals surface area contributed by atoms with Gasteiger partial charge in [-0.25, -0.2) is 4.39 Å². The first-order chi connectivity index (χ1) is 17.4. The van der Waals surface area contributed by atoms with Gasteiger partial charge >= 0.3 is 0 Å². The summed E-state index contributed by atoms with van der Waals surface area (Å²) in [6, 6.07) is 22.9. The molecule has 0 aromatic heterocycles. The van der Waals surface area contributed by atoms with Crippen molar-refractivity contribution in [2.24, 2.45) is 0 Å². The predicted octanol–water partition coefficient (Wildman–Crippen LogP) is 6.76. The number of anilines is 1. The second-order valence-electron chi connectivity index (χ2n) is 8.01. The Kier molecular flexibility index (Phi) is 7.99. The van der Waals surface area contributed by atoms with Crippen LogP contribution in [0.15, 0.2) is 94.7 Å². The minimum absolute atomic E-state index is 0.246. The summed E-state index contributed by atoms with van der Waals surface area (Å²) in [5, 5.41) is 17.5. The molecule has 1 amide bonds. The molecule has 0 fully saturated rings. The van der Waals surface area contributed by atoms with Crippen LogP contribution in [-0.2, 0) is 10.5 Å². The summed E-state index contributed by atoms with van der Waals surface area (Å²) < 4.78 is 20.4. The lowest BCUT2D eigenvalue weighted by atomic mass is 9.82. The number of carbonyl (C=O) groups excluding carboxylic acids is 1. The summed E-state index contributed by atoms with van der Waals surface area (Å²) in [6.45, 7) is 1.75. The Morgan fingerprint density at radius 1 is 1.14 bits per heavy atom. The second kappa shape index (κ2) is 11.3. The van der Waals surface area contributed by atoms with Crippen LogP contribution in [0.3, 0.4) is 0 Å².